The van der Waals surface area contributed by atoms with Crippen LogP contribution in [0.3, 0.4) is 0 Å². The van der Waals surface area contributed by atoms with E-state index in [9.17, 15) is 19.0 Å². The zero-order valence-electron chi connectivity index (χ0n) is 48.3. The molecule has 0 bridgehead atoms. The number of rotatable bonds is 54. The van der Waals surface area contributed by atoms with Crippen LogP contribution in [0.1, 0.15) is 245 Å². The van der Waals surface area contributed by atoms with Gasteiger partial charge in [-0.1, -0.05) is 239 Å². The highest BCUT2D eigenvalue weighted by atomic mass is 31.2. The first-order valence-electron chi connectivity index (χ1n) is 30.0. The average molecular weight is 1060 g/mol. The van der Waals surface area contributed by atoms with Crippen LogP contribution in [0.25, 0.3) is 0 Å². The molecule has 2 unspecified atom stereocenters. The minimum atomic E-state index is -4.39. The molecule has 0 amide bonds. The van der Waals surface area contributed by atoms with Crippen LogP contribution < -0.4 is 0 Å². The van der Waals surface area contributed by atoms with Gasteiger partial charge >= 0.3 is 19.8 Å². The van der Waals surface area contributed by atoms with E-state index in [1.54, 1.807) is 0 Å². The molecule has 0 saturated heterocycles. The number of likely N-dealkylation sites (N-methyl/N-ethyl adjacent to an activating group) is 1. The molecule has 9 nitrogen and oxygen atoms in total. The van der Waals surface area contributed by atoms with E-state index in [1.165, 1.54) is 109 Å². The van der Waals surface area contributed by atoms with Gasteiger partial charge in [0.05, 0.1) is 27.7 Å². The summed E-state index contributed by atoms with van der Waals surface area (Å²) in [5.74, 6) is -0.815. The van der Waals surface area contributed by atoms with Crippen molar-refractivity contribution < 1.29 is 42.1 Å². The minimum Gasteiger partial charge on any atom is -0.462 e. The molecule has 0 aromatic carbocycles. The van der Waals surface area contributed by atoms with Gasteiger partial charge in [-0.15, -0.1) is 0 Å². The number of phosphoric acid groups is 1. The SMILES string of the molecule is CC/C=C\C/C=C\C/C=C\C/C=C\C/C=C\CCCCCCCCCCCCCCCCCCCCCC(=O)OC(COC(=O)CCCCCCC/C=C\C/C=C\C/C=C\CC)COP(=O)(O)OCC[N+](C)(C)C. The van der Waals surface area contributed by atoms with Crippen molar-refractivity contribution in [3.63, 3.8) is 0 Å². The first-order chi connectivity index (χ1) is 36.0. The second kappa shape index (κ2) is 54.7. The van der Waals surface area contributed by atoms with Crippen molar-refractivity contribution in [2.24, 2.45) is 0 Å². The molecule has 0 spiro atoms. The number of hydrogen-bond acceptors (Lipinski definition) is 7. The van der Waals surface area contributed by atoms with Gasteiger partial charge in [-0.3, -0.25) is 18.6 Å². The summed E-state index contributed by atoms with van der Waals surface area (Å²) < 4.78 is 34.5. The van der Waals surface area contributed by atoms with E-state index >= 15 is 0 Å². The second-order valence-corrected chi connectivity index (χ2v) is 22.4. The van der Waals surface area contributed by atoms with Crippen LogP contribution in [0.5, 0.6) is 0 Å². The van der Waals surface area contributed by atoms with Gasteiger partial charge in [-0.25, -0.2) is 4.57 Å². The number of nitrogens with zero attached hydrogens (tertiary/aromatic N) is 1. The monoisotopic (exact) mass is 1050 g/mol. The zero-order chi connectivity index (χ0) is 54.2. The molecule has 2 atom stereocenters. The molecule has 0 fully saturated rings. The summed E-state index contributed by atoms with van der Waals surface area (Å²) in [6, 6.07) is 0. The van der Waals surface area contributed by atoms with Crippen molar-refractivity contribution in [2.45, 2.75) is 251 Å². The molecule has 0 aliphatic rings. The van der Waals surface area contributed by atoms with E-state index in [4.69, 9.17) is 18.5 Å². The van der Waals surface area contributed by atoms with Crippen LogP contribution in [-0.2, 0) is 32.7 Å². The highest BCUT2D eigenvalue weighted by molar-refractivity contribution is 7.47. The Bertz CT molecular complexity index is 1570. The van der Waals surface area contributed by atoms with Crippen LogP contribution in [0, 0.1) is 0 Å². The number of hydrogen-bond donors (Lipinski definition) is 1. The molecule has 0 aliphatic carbocycles. The fourth-order valence-corrected chi connectivity index (χ4v) is 8.80. The number of quaternary nitrogens is 1. The van der Waals surface area contributed by atoms with Gasteiger partial charge in [-0.2, -0.15) is 0 Å². The van der Waals surface area contributed by atoms with E-state index < -0.39 is 26.5 Å². The first kappa shape index (κ1) is 70.9. The van der Waals surface area contributed by atoms with Crippen molar-refractivity contribution in [2.75, 3.05) is 47.5 Å². The highest BCUT2D eigenvalue weighted by Crippen LogP contribution is 2.43. The van der Waals surface area contributed by atoms with Crippen LogP contribution >= 0.6 is 7.82 Å². The third-order valence-electron chi connectivity index (χ3n) is 12.6. The van der Waals surface area contributed by atoms with Crippen molar-refractivity contribution in [1.82, 2.24) is 0 Å². The number of unbranched alkanes of at least 4 members (excludes halogenated alkanes) is 24. The molecule has 0 aromatic heterocycles. The van der Waals surface area contributed by atoms with Gasteiger partial charge in [0.25, 0.3) is 0 Å². The largest absolute Gasteiger partial charge is 0.472 e. The van der Waals surface area contributed by atoms with Crippen LogP contribution in [-0.4, -0.2) is 74.9 Å². The van der Waals surface area contributed by atoms with Crippen molar-refractivity contribution >= 4 is 19.8 Å². The van der Waals surface area contributed by atoms with E-state index in [-0.39, 0.29) is 32.0 Å². The quantitative estimate of drug-likeness (QED) is 0.0211. The van der Waals surface area contributed by atoms with Crippen LogP contribution in [0.15, 0.2) is 97.2 Å². The van der Waals surface area contributed by atoms with E-state index in [1.807, 2.05) is 21.1 Å². The summed E-state index contributed by atoms with van der Waals surface area (Å²) >= 11 is 0. The van der Waals surface area contributed by atoms with E-state index in [2.05, 4.69) is 111 Å². The first-order valence-corrected chi connectivity index (χ1v) is 31.5. The Morgan fingerprint density at radius 3 is 1.08 bits per heavy atom. The summed E-state index contributed by atoms with van der Waals surface area (Å²) in [4.78, 5) is 35.6. The number of carbonyl (C=O) groups is 2. The molecule has 1 N–H and O–H groups in total. The molecule has 0 heterocycles. The Morgan fingerprint density at radius 1 is 0.419 bits per heavy atom. The fraction of sp³-hybridized carbons (Fsp3) is 0.719. The lowest BCUT2D eigenvalue weighted by atomic mass is 10.0. The summed E-state index contributed by atoms with van der Waals surface area (Å²) in [6.45, 7) is 4.19. The molecule has 0 aliphatic heterocycles. The topological polar surface area (TPSA) is 108 Å². The summed E-state index contributed by atoms with van der Waals surface area (Å²) in [5, 5.41) is 0. The molecule has 74 heavy (non-hydrogen) atoms. The molecular formula is C64H113NO8P+. The van der Waals surface area contributed by atoms with Gasteiger partial charge < -0.3 is 18.9 Å². The lowest BCUT2D eigenvalue weighted by Crippen LogP contribution is -2.37. The zero-order valence-corrected chi connectivity index (χ0v) is 49.2. The second-order valence-electron chi connectivity index (χ2n) is 21.0. The number of esters is 2. The summed E-state index contributed by atoms with van der Waals surface area (Å²) in [5.41, 5.74) is 0. The normalized spacial score (nSPS) is 14.0. The van der Waals surface area contributed by atoms with E-state index in [0.29, 0.717) is 23.9 Å². The molecule has 10 heteroatoms. The number of ether oxygens (including phenoxy) is 2. The molecule has 0 radical (unpaired) electrons. The number of allylic oxidation sites excluding steroid dienone is 16. The number of phosphoric ester groups is 1. The lowest BCUT2D eigenvalue weighted by molar-refractivity contribution is -0.870. The fourth-order valence-electron chi connectivity index (χ4n) is 8.06. The minimum absolute atomic E-state index is 0.0260. The molecule has 0 saturated carbocycles. The Kier molecular flexibility index (Phi) is 52.4. The Morgan fingerprint density at radius 2 is 0.730 bits per heavy atom. The summed E-state index contributed by atoms with van der Waals surface area (Å²) in [6.07, 6.45) is 75.0. The summed E-state index contributed by atoms with van der Waals surface area (Å²) in [7, 11) is 1.46. The van der Waals surface area contributed by atoms with Gasteiger partial charge in [-0.05, 0) is 89.9 Å². The lowest BCUT2D eigenvalue weighted by Gasteiger charge is -2.24. The van der Waals surface area contributed by atoms with Gasteiger partial charge in [0.15, 0.2) is 6.10 Å². The molecule has 0 rings (SSSR count). The van der Waals surface area contributed by atoms with Crippen LogP contribution in [0.2, 0.25) is 0 Å². The predicted octanol–water partition coefficient (Wildman–Crippen LogP) is 18.8. The Hall–Kier alpha value is -3.07. The predicted molar refractivity (Wildman–Crippen MR) is 316 cm³/mol. The number of carbonyl (C=O) groups excluding carboxylic acids is 2. The highest BCUT2D eigenvalue weighted by Gasteiger charge is 2.27. The van der Waals surface area contributed by atoms with Crippen LogP contribution in [0.4, 0.5) is 0 Å². The van der Waals surface area contributed by atoms with Gasteiger partial charge in [0, 0.05) is 12.8 Å². The third-order valence-corrected chi connectivity index (χ3v) is 13.6. The standard InChI is InChI=1S/C64H112NO8P/c1-6-8-10-12-14-16-18-20-22-23-24-25-26-27-28-29-30-31-32-33-34-35-36-37-38-39-40-41-43-45-47-49-51-53-55-57-64(67)73-62(61-72-74(68,69)71-59-58-65(3,4)5)60-70-63(66)56-54-52-50-48-46-44-42-21-19-17-15-13-11-9-7-2/h8-11,14-17,20-22,24-25,27-28,42,62H,6-7,12-13,18-19,23,26,29-41,43-61H2,1-5H3/p+1/b10-8-,11-9-,16-14-,17-15-,22-20-,25-24-,28-27-,42-21-. The van der Waals surface area contributed by atoms with Crippen molar-refractivity contribution in [1.29, 1.82) is 0 Å². The average Bonchev–Trinajstić information content (AvgIpc) is 3.36. The molecule has 426 valence electrons. The van der Waals surface area contributed by atoms with Crippen molar-refractivity contribution in [3.8, 4) is 0 Å². The van der Waals surface area contributed by atoms with E-state index in [0.717, 1.165) is 96.3 Å². The molecular weight excluding hydrogens is 942 g/mol. The maximum Gasteiger partial charge on any atom is 0.472 e. The molecule has 0 aromatic rings. The maximum absolute atomic E-state index is 12.8. The third kappa shape index (κ3) is 58.2. The van der Waals surface area contributed by atoms with Gasteiger partial charge in [0.1, 0.15) is 19.8 Å². The maximum atomic E-state index is 12.8. The van der Waals surface area contributed by atoms with Gasteiger partial charge in [0.2, 0.25) is 0 Å². The van der Waals surface area contributed by atoms with Crippen molar-refractivity contribution in [3.05, 3.63) is 97.2 Å². The Labute approximate surface area is 455 Å². The smallest absolute Gasteiger partial charge is 0.462 e. The Balaban J connectivity index is 4.03.